The second-order valence-electron chi connectivity index (χ2n) is 3.98. The number of thioether (sulfide) groups is 1. The average molecular weight is 293 g/mol. The van der Waals surface area contributed by atoms with Crippen LogP contribution in [0.1, 0.15) is 18.6 Å². The summed E-state index contributed by atoms with van der Waals surface area (Å²) in [5, 5.41) is 11.6. The van der Waals surface area contributed by atoms with Crippen molar-refractivity contribution in [3.8, 4) is 0 Å². The quantitative estimate of drug-likeness (QED) is 0.839. The van der Waals surface area contributed by atoms with Gasteiger partial charge in [-0.25, -0.2) is 0 Å². The van der Waals surface area contributed by atoms with Gasteiger partial charge in [0.1, 0.15) is 0 Å². The molecular weight excluding hydrogens is 279 g/mol. The molecule has 19 heavy (non-hydrogen) atoms. The minimum atomic E-state index is -4.95. The van der Waals surface area contributed by atoms with Gasteiger partial charge >= 0.3 is 12.1 Å². The van der Waals surface area contributed by atoms with Gasteiger partial charge in [0.2, 0.25) is 0 Å². The number of carbonyl (C=O) groups excluding carboxylic acids is 1. The van der Waals surface area contributed by atoms with Crippen molar-refractivity contribution in [1.82, 2.24) is 5.32 Å². The molecule has 0 fully saturated rings. The molecule has 106 valence electrons. The zero-order valence-electron chi connectivity index (χ0n) is 10.4. The summed E-state index contributed by atoms with van der Waals surface area (Å²) >= 11 is 1.51. The molecule has 2 atom stereocenters. The van der Waals surface area contributed by atoms with Crippen molar-refractivity contribution in [1.29, 1.82) is 0 Å². The number of halogens is 3. The number of hydrogen-bond donors (Lipinski definition) is 2. The first-order valence-corrected chi connectivity index (χ1v) is 6.68. The summed E-state index contributed by atoms with van der Waals surface area (Å²) in [6, 6.07) is 5.71. The summed E-state index contributed by atoms with van der Waals surface area (Å²) in [5.74, 6) is -2.06. The number of amides is 1. The number of benzene rings is 1. The standard InChI is InChI=1S/C12H14F3NO2S/c1-7(16-11(18)12(13,14)15)10(17)8-3-5-9(19-2)6-4-8/h3-7,10,17H,1-2H3,(H,16,18)/t7-,10+/m1/s1. The fraction of sp³-hybridized carbons (Fsp3) is 0.417. The van der Waals surface area contributed by atoms with Crippen molar-refractivity contribution in [2.24, 2.45) is 0 Å². The highest BCUT2D eigenvalue weighted by atomic mass is 32.2. The Morgan fingerprint density at radius 1 is 1.32 bits per heavy atom. The summed E-state index contributed by atoms with van der Waals surface area (Å²) in [5.41, 5.74) is 0.452. The van der Waals surface area contributed by atoms with E-state index in [1.807, 2.05) is 6.26 Å². The van der Waals surface area contributed by atoms with Crippen LogP contribution in [0.2, 0.25) is 0 Å². The number of rotatable bonds is 4. The van der Waals surface area contributed by atoms with Crippen molar-refractivity contribution in [3.05, 3.63) is 29.8 Å². The highest BCUT2D eigenvalue weighted by molar-refractivity contribution is 7.98. The first kappa shape index (κ1) is 15.8. The number of aliphatic hydroxyl groups is 1. The van der Waals surface area contributed by atoms with Crippen molar-refractivity contribution < 1.29 is 23.1 Å². The average Bonchev–Trinajstić information content (AvgIpc) is 2.36. The van der Waals surface area contributed by atoms with E-state index in [0.717, 1.165) is 4.90 Å². The number of aliphatic hydroxyl groups excluding tert-OH is 1. The van der Waals surface area contributed by atoms with Gasteiger partial charge < -0.3 is 10.4 Å². The Morgan fingerprint density at radius 3 is 2.26 bits per heavy atom. The molecule has 0 radical (unpaired) electrons. The molecule has 1 amide bonds. The first-order chi connectivity index (χ1) is 8.75. The topological polar surface area (TPSA) is 49.3 Å². The minimum absolute atomic E-state index is 0.452. The monoisotopic (exact) mass is 293 g/mol. The molecule has 0 aliphatic heterocycles. The molecule has 0 aromatic heterocycles. The molecule has 0 aliphatic rings. The zero-order chi connectivity index (χ0) is 14.6. The third kappa shape index (κ3) is 4.43. The fourth-order valence-electron chi connectivity index (χ4n) is 1.46. The van der Waals surface area contributed by atoms with E-state index in [-0.39, 0.29) is 0 Å². The van der Waals surface area contributed by atoms with Crippen LogP contribution >= 0.6 is 11.8 Å². The Labute approximate surface area is 113 Å². The summed E-state index contributed by atoms with van der Waals surface area (Å²) in [6.07, 6.45) is -4.25. The molecule has 0 heterocycles. The number of carbonyl (C=O) groups is 1. The SMILES string of the molecule is CSc1ccc([C@@H](O)[C@@H](C)NC(=O)C(F)(F)F)cc1. The Bertz CT molecular complexity index is 434. The van der Waals surface area contributed by atoms with Gasteiger partial charge in [0.25, 0.3) is 0 Å². The van der Waals surface area contributed by atoms with Crippen LogP contribution in [-0.2, 0) is 4.79 Å². The molecule has 1 rings (SSSR count). The van der Waals surface area contributed by atoms with Crippen LogP contribution in [-0.4, -0.2) is 29.5 Å². The molecule has 3 nitrogen and oxygen atoms in total. The third-order valence-electron chi connectivity index (χ3n) is 2.55. The van der Waals surface area contributed by atoms with Crippen LogP contribution in [0.3, 0.4) is 0 Å². The van der Waals surface area contributed by atoms with E-state index < -0.39 is 24.2 Å². The second kappa shape index (κ2) is 6.29. The van der Waals surface area contributed by atoms with E-state index in [0.29, 0.717) is 5.56 Å². The van der Waals surface area contributed by atoms with Gasteiger partial charge in [-0.05, 0) is 30.9 Å². The Balaban J connectivity index is 2.70. The molecule has 0 unspecified atom stereocenters. The largest absolute Gasteiger partial charge is 0.471 e. The number of alkyl halides is 3. The van der Waals surface area contributed by atoms with Crippen LogP contribution < -0.4 is 5.32 Å². The maximum Gasteiger partial charge on any atom is 0.471 e. The van der Waals surface area contributed by atoms with Gasteiger partial charge in [-0.15, -0.1) is 11.8 Å². The van der Waals surface area contributed by atoms with Crippen LogP contribution in [0.15, 0.2) is 29.2 Å². The maximum absolute atomic E-state index is 12.1. The molecule has 2 N–H and O–H groups in total. The lowest BCUT2D eigenvalue weighted by Gasteiger charge is -2.21. The number of hydrogen-bond acceptors (Lipinski definition) is 3. The third-order valence-corrected chi connectivity index (χ3v) is 3.29. The van der Waals surface area contributed by atoms with E-state index in [2.05, 4.69) is 0 Å². The molecule has 1 aromatic rings. The van der Waals surface area contributed by atoms with Crippen molar-refractivity contribution in [2.75, 3.05) is 6.26 Å². The Hall–Kier alpha value is -1.21. The van der Waals surface area contributed by atoms with E-state index in [1.54, 1.807) is 29.6 Å². The molecule has 0 spiro atoms. The zero-order valence-corrected chi connectivity index (χ0v) is 11.2. The van der Waals surface area contributed by atoms with Crippen LogP contribution in [0.5, 0.6) is 0 Å². The summed E-state index contributed by atoms with van der Waals surface area (Å²) < 4.78 is 36.2. The predicted molar refractivity (Wildman–Crippen MR) is 66.8 cm³/mol. The van der Waals surface area contributed by atoms with Crippen LogP contribution in [0.4, 0.5) is 13.2 Å². The lowest BCUT2D eigenvalue weighted by molar-refractivity contribution is -0.175. The minimum Gasteiger partial charge on any atom is -0.386 e. The normalized spacial score (nSPS) is 14.8. The predicted octanol–water partition coefficient (Wildman–Crippen LogP) is 2.51. The lowest BCUT2D eigenvalue weighted by Crippen LogP contribution is -2.44. The van der Waals surface area contributed by atoms with Crippen molar-refractivity contribution >= 4 is 17.7 Å². The van der Waals surface area contributed by atoms with E-state index in [9.17, 15) is 23.1 Å². The summed E-state index contributed by atoms with van der Waals surface area (Å²) in [6.45, 7) is 1.32. The molecule has 7 heteroatoms. The highest BCUT2D eigenvalue weighted by Crippen LogP contribution is 2.22. The van der Waals surface area contributed by atoms with Gasteiger partial charge in [-0.1, -0.05) is 12.1 Å². The van der Waals surface area contributed by atoms with Crippen molar-refractivity contribution in [3.63, 3.8) is 0 Å². The molecule has 0 aliphatic carbocycles. The first-order valence-electron chi connectivity index (χ1n) is 5.45. The van der Waals surface area contributed by atoms with Gasteiger partial charge in [0.05, 0.1) is 12.1 Å². The van der Waals surface area contributed by atoms with E-state index in [1.165, 1.54) is 18.7 Å². The van der Waals surface area contributed by atoms with Crippen LogP contribution in [0, 0.1) is 0 Å². The molecule has 0 saturated carbocycles. The number of nitrogens with one attached hydrogen (secondary N) is 1. The molecular formula is C12H14F3NO2S. The molecule has 1 aromatic carbocycles. The van der Waals surface area contributed by atoms with Gasteiger partial charge in [0.15, 0.2) is 0 Å². The van der Waals surface area contributed by atoms with Gasteiger partial charge in [-0.3, -0.25) is 4.79 Å². The second-order valence-corrected chi connectivity index (χ2v) is 4.86. The maximum atomic E-state index is 12.1. The highest BCUT2D eigenvalue weighted by Gasteiger charge is 2.40. The summed E-state index contributed by atoms with van der Waals surface area (Å²) in [4.78, 5) is 11.7. The fourth-order valence-corrected chi connectivity index (χ4v) is 1.87. The molecule has 0 bridgehead atoms. The van der Waals surface area contributed by atoms with Gasteiger partial charge in [0, 0.05) is 4.90 Å². The summed E-state index contributed by atoms with van der Waals surface area (Å²) in [7, 11) is 0. The Morgan fingerprint density at radius 2 is 1.84 bits per heavy atom. The van der Waals surface area contributed by atoms with Crippen molar-refractivity contribution in [2.45, 2.75) is 30.1 Å². The Kier molecular flexibility index (Phi) is 5.25. The van der Waals surface area contributed by atoms with E-state index in [4.69, 9.17) is 0 Å². The van der Waals surface area contributed by atoms with E-state index >= 15 is 0 Å². The molecule has 0 saturated heterocycles. The van der Waals surface area contributed by atoms with Crippen LogP contribution in [0.25, 0.3) is 0 Å². The van der Waals surface area contributed by atoms with Gasteiger partial charge in [-0.2, -0.15) is 13.2 Å². The lowest BCUT2D eigenvalue weighted by atomic mass is 10.0. The smallest absolute Gasteiger partial charge is 0.386 e.